The largest absolute Gasteiger partial charge is 0.423 e. The lowest BCUT2D eigenvalue weighted by Gasteiger charge is -1.93. The average Bonchev–Trinajstić information content (AvgIpc) is 2.78. The molecule has 78 valence electrons. The van der Waals surface area contributed by atoms with Crippen molar-refractivity contribution in [3.8, 4) is 0 Å². The lowest BCUT2D eigenvalue weighted by atomic mass is 10.3. The molecule has 1 aliphatic rings. The molecule has 3 heteroatoms. The number of rotatable bonds is 3. The van der Waals surface area contributed by atoms with Crippen molar-refractivity contribution in [3.05, 3.63) is 39.8 Å². The highest BCUT2D eigenvalue weighted by Gasteiger charge is 2.09. The van der Waals surface area contributed by atoms with Gasteiger partial charge in [-0.25, -0.2) is 4.79 Å². The van der Waals surface area contributed by atoms with E-state index in [1.807, 2.05) is 6.08 Å². The standard InChI is InChI=1S/C12H12O2S/c1-2-3-10-5-6-11(15-10)8-9-4-7-12(13)14-9/h4-8H,2-3H2,1H3/b9-8+. The maximum atomic E-state index is 10.8. The number of hydrogen-bond donors (Lipinski definition) is 0. The van der Waals surface area contributed by atoms with Crippen LogP contribution < -0.4 is 0 Å². The maximum absolute atomic E-state index is 10.8. The molecule has 0 aromatic carbocycles. The molecule has 0 spiro atoms. The van der Waals surface area contributed by atoms with Crippen molar-refractivity contribution in [3.63, 3.8) is 0 Å². The van der Waals surface area contributed by atoms with Crippen LogP contribution in [0.1, 0.15) is 23.1 Å². The van der Waals surface area contributed by atoms with Gasteiger partial charge >= 0.3 is 5.97 Å². The smallest absolute Gasteiger partial charge is 0.336 e. The van der Waals surface area contributed by atoms with Crippen molar-refractivity contribution >= 4 is 23.4 Å². The summed E-state index contributed by atoms with van der Waals surface area (Å²) in [6.07, 6.45) is 7.30. The van der Waals surface area contributed by atoms with E-state index in [0.717, 1.165) is 17.7 Å². The van der Waals surface area contributed by atoms with Gasteiger partial charge in [0.15, 0.2) is 0 Å². The molecular weight excluding hydrogens is 208 g/mol. The molecule has 0 saturated heterocycles. The van der Waals surface area contributed by atoms with Crippen molar-refractivity contribution in [1.82, 2.24) is 0 Å². The van der Waals surface area contributed by atoms with Gasteiger partial charge in [0, 0.05) is 15.8 Å². The molecule has 0 amide bonds. The number of ether oxygens (including phenoxy) is 1. The molecule has 0 bridgehead atoms. The first-order valence-electron chi connectivity index (χ1n) is 4.98. The first-order chi connectivity index (χ1) is 7.28. The van der Waals surface area contributed by atoms with E-state index >= 15 is 0 Å². The molecule has 0 unspecified atom stereocenters. The van der Waals surface area contributed by atoms with Gasteiger partial charge in [0.25, 0.3) is 0 Å². The number of aryl methyl sites for hydroxylation is 1. The van der Waals surface area contributed by atoms with Crippen molar-refractivity contribution in [1.29, 1.82) is 0 Å². The predicted molar refractivity (Wildman–Crippen MR) is 61.5 cm³/mol. The van der Waals surface area contributed by atoms with Gasteiger partial charge in [-0.1, -0.05) is 13.3 Å². The van der Waals surface area contributed by atoms with Gasteiger partial charge in [0.2, 0.25) is 0 Å². The summed E-state index contributed by atoms with van der Waals surface area (Å²) in [5.41, 5.74) is 0. The summed E-state index contributed by atoms with van der Waals surface area (Å²) < 4.78 is 4.95. The second-order valence-corrected chi connectivity index (χ2v) is 4.56. The summed E-state index contributed by atoms with van der Waals surface area (Å²) in [5.74, 6) is 0.344. The van der Waals surface area contributed by atoms with Crippen molar-refractivity contribution in [2.24, 2.45) is 0 Å². The second-order valence-electron chi connectivity index (χ2n) is 3.36. The second kappa shape index (κ2) is 4.45. The minimum Gasteiger partial charge on any atom is -0.423 e. The molecule has 0 atom stereocenters. The van der Waals surface area contributed by atoms with Crippen LogP contribution in [-0.2, 0) is 16.0 Å². The third-order valence-electron chi connectivity index (χ3n) is 2.07. The van der Waals surface area contributed by atoms with E-state index in [2.05, 4.69) is 19.1 Å². The molecule has 1 aliphatic heterocycles. The Kier molecular flexibility index (Phi) is 3.02. The third-order valence-corrected chi connectivity index (χ3v) is 3.16. The van der Waals surface area contributed by atoms with Gasteiger partial charge in [-0.05, 0) is 30.7 Å². The first kappa shape index (κ1) is 10.2. The summed E-state index contributed by atoms with van der Waals surface area (Å²) in [4.78, 5) is 13.3. The van der Waals surface area contributed by atoms with Crippen LogP contribution in [0, 0.1) is 0 Å². The lowest BCUT2D eigenvalue weighted by molar-refractivity contribution is -0.132. The Balaban J connectivity index is 2.10. The number of thiophene rings is 1. The van der Waals surface area contributed by atoms with E-state index in [1.54, 1.807) is 17.4 Å². The molecule has 0 radical (unpaired) electrons. The molecule has 2 heterocycles. The van der Waals surface area contributed by atoms with E-state index in [4.69, 9.17) is 4.74 Å². The Morgan fingerprint density at radius 3 is 2.93 bits per heavy atom. The van der Waals surface area contributed by atoms with Gasteiger partial charge in [-0.3, -0.25) is 0 Å². The highest BCUT2D eigenvalue weighted by Crippen LogP contribution is 2.22. The first-order valence-corrected chi connectivity index (χ1v) is 5.80. The van der Waals surface area contributed by atoms with Crippen LogP contribution in [0.2, 0.25) is 0 Å². The monoisotopic (exact) mass is 220 g/mol. The Morgan fingerprint density at radius 2 is 2.27 bits per heavy atom. The molecule has 1 aromatic rings. The maximum Gasteiger partial charge on any atom is 0.336 e. The zero-order valence-corrected chi connectivity index (χ0v) is 9.34. The van der Waals surface area contributed by atoms with E-state index in [-0.39, 0.29) is 5.97 Å². The topological polar surface area (TPSA) is 26.3 Å². The van der Waals surface area contributed by atoms with Crippen LogP contribution in [0.5, 0.6) is 0 Å². The fourth-order valence-electron chi connectivity index (χ4n) is 1.40. The Morgan fingerprint density at radius 1 is 1.40 bits per heavy atom. The molecule has 0 saturated carbocycles. The third kappa shape index (κ3) is 2.57. The normalized spacial score (nSPS) is 17.4. The number of allylic oxidation sites excluding steroid dienone is 1. The highest BCUT2D eigenvalue weighted by molar-refractivity contribution is 7.12. The van der Waals surface area contributed by atoms with E-state index in [0.29, 0.717) is 5.76 Å². The van der Waals surface area contributed by atoms with E-state index in [9.17, 15) is 4.79 Å². The quantitative estimate of drug-likeness (QED) is 0.731. The Labute approximate surface area is 92.9 Å². The van der Waals surface area contributed by atoms with Crippen molar-refractivity contribution in [2.45, 2.75) is 19.8 Å². The number of carbonyl (C=O) groups excluding carboxylic acids is 1. The molecule has 0 N–H and O–H groups in total. The van der Waals surface area contributed by atoms with Crippen LogP contribution >= 0.6 is 11.3 Å². The summed E-state index contributed by atoms with van der Waals surface area (Å²) >= 11 is 1.74. The van der Waals surface area contributed by atoms with Crippen molar-refractivity contribution < 1.29 is 9.53 Å². The highest BCUT2D eigenvalue weighted by atomic mass is 32.1. The molecule has 0 aliphatic carbocycles. The minimum atomic E-state index is -0.286. The van der Waals surface area contributed by atoms with E-state index in [1.165, 1.54) is 11.0 Å². The van der Waals surface area contributed by atoms with Gasteiger partial charge in [-0.15, -0.1) is 11.3 Å². The number of esters is 1. The van der Waals surface area contributed by atoms with Gasteiger partial charge in [0.1, 0.15) is 5.76 Å². The minimum absolute atomic E-state index is 0.286. The molecule has 2 nitrogen and oxygen atoms in total. The molecule has 2 rings (SSSR count). The van der Waals surface area contributed by atoms with Crippen LogP contribution in [0.25, 0.3) is 6.08 Å². The molecular formula is C12H12O2S. The van der Waals surface area contributed by atoms with Gasteiger partial charge in [-0.2, -0.15) is 0 Å². The number of carbonyl (C=O) groups is 1. The zero-order valence-electron chi connectivity index (χ0n) is 8.53. The molecule has 1 aromatic heterocycles. The zero-order chi connectivity index (χ0) is 10.7. The van der Waals surface area contributed by atoms with Crippen molar-refractivity contribution in [2.75, 3.05) is 0 Å². The Bertz CT molecular complexity index is 427. The summed E-state index contributed by atoms with van der Waals surface area (Å²) in [7, 11) is 0. The summed E-state index contributed by atoms with van der Waals surface area (Å²) in [5, 5.41) is 0. The van der Waals surface area contributed by atoms with E-state index < -0.39 is 0 Å². The SMILES string of the molecule is CCCc1ccc(/C=C2\C=CC(=O)O2)s1. The van der Waals surface area contributed by atoms with Crippen LogP contribution in [0.15, 0.2) is 30.0 Å². The molecule has 0 fully saturated rings. The fourth-order valence-corrected chi connectivity index (χ4v) is 2.46. The van der Waals surface area contributed by atoms with Gasteiger partial charge < -0.3 is 4.74 Å². The number of cyclic esters (lactones) is 1. The summed E-state index contributed by atoms with van der Waals surface area (Å²) in [6, 6.07) is 4.18. The molecule has 15 heavy (non-hydrogen) atoms. The van der Waals surface area contributed by atoms with Crippen LogP contribution in [0.4, 0.5) is 0 Å². The summed E-state index contributed by atoms with van der Waals surface area (Å²) in [6.45, 7) is 2.17. The fraction of sp³-hybridized carbons (Fsp3) is 0.250. The Hall–Kier alpha value is -1.35. The predicted octanol–water partition coefficient (Wildman–Crippen LogP) is 3.15. The van der Waals surface area contributed by atoms with Crippen LogP contribution in [0.3, 0.4) is 0 Å². The lowest BCUT2D eigenvalue weighted by Crippen LogP contribution is -1.89. The van der Waals surface area contributed by atoms with Crippen LogP contribution in [-0.4, -0.2) is 5.97 Å². The average molecular weight is 220 g/mol. The van der Waals surface area contributed by atoms with Gasteiger partial charge in [0.05, 0.1) is 0 Å². The number of hydrogen-bond acceptors (Lipinski definition) is 3.